The highest BCUT2D eigenvalue weighted by molar-refractivity contribution is 6.32. The molecule has 1 N–H and O–H groups in total. The van der Waals surface area contributed by atoms with Gasteiger partial charge in [-0.2, -0.15) is 0 Å². The van der Waals surface area contributed by atoms with Gasteiger partial charge in [0.05, 0.1) is 11.1 Å². The summed E-state index contributed by atoms with van der Waals surface area (Å²) in [6.45, 7) is 1.31. The number of carbonyl (C=O) groups excluding carboxylic acids is 2. The first-order chi connectivity index (χ1) is 11.6. The van der Waals surface area contributed by atoms with Crippen molar-refractivity contribution in [2.45, 2.75) is 19.3 Å². The predicted octanol–water partition coefficient (Wildman–Crippen LogP) is 2.88. The van der Waals surface area contributed by atoms with Crippen LogP contribution in [0.4, 0.5) is 0 Å². The SMILES string of the molecule is CNC(=O)CC1CCN(C(=O)c2cc(Cl)cc3cccnc23)CC1. The smallest absolute Gasteiger partial charge is 0.256 e. The molecule has 0 aliphatic carbocycles. The van der Waals surface area contributed by atoms with Gasteiger partial charge in [-0.15, -0.1) is 0 Å². The topological polar surface area (TPSA) is 62.3 Å². The van der Waals surface area contributed by atoms with Crippen molar-refractivity contribution in [2.75, 3.05) is 20.1 Å². The fourth-order valence-electron chi connectivity index (χ4n) is 3.19. The van der Waals surface area contributed by atoms with Crippen LogP contribution in [-0.4, -0.2) is 41.8 Å². The number of rotatable bonds is 3. The Kier molecular flexibility index (Phi) is 5.00. The number of aromatic nitrogens is 1. The number of halogens is 1. The lowest BCUT2D eigenvalue weighted by atomic mass is 9.92. The monoisotopic (exact) mass is 345 g/mol. The number of hydrogen-bond acceptors (Lipinski definition) is 3. The molecule has 0 unspecified atom stereocenters. The van der Waals surface area contributed by atoms with Crippen molar-refractivity contribution in [2.24, 2.45) is 5.92 Å². The molecule has 1 aliphatic rings. The second kappa shape index (κ2) is 7.18. The molecule has 0 radical (unpaired) electrons. The van der Waals surface area contributed by atoms with E-state index in [1.54, 1.807) is 19.3 Å². The van der Waals surface area contributed by atoms with Gasteiger partial charge in [0.2, 0.25) is 5.91 Å². The average Bonchev–Trinajstić information content (AvgIpc) is 2.61. The molecule has 0 spiro atoms. The zero-order valence-corrected chi connectivity index (χ0v) is 14.3. The molecule has 0 saturated carbocycles. The molecular formula is C18H20ClN3O2. The van der Waals surface area contributed by atoms with Crippen LogP contribution in [0.1, 0.15) is 29.6 Å². The molecule has 1 aromatic heterocycles. The Bertz CT molecular complexity index is 770. The van der Waals surface area contributed by atoms with Crippen LogP contribution in [0, 0.1) is 5.92 Å². The second-order valence-corrected chi connectivity index (χ2v) is 6.58. The highest BCUT2D eigenvalue weighted by Gasteiger charge is 2.26. The Labute approximate surface area is 146 Å². The Morgan fingerprint density at radius 2 is 2.08 bits per heavy atom. The van der Waals surface area contributed by atoms with E-state index in [1.165, 1.54) is 0 Å². The molecule has 1 aromatic carbocycles. The molecule has 0 atom stereocenters. The Morgan fingerprint density at radius 1 is 1.33 bits per heavy atom. The number of pyridine rings is 1. The first kappa shape index (κ1) is 16.7. The largest absolute Gasteiger partial charge is 0.359 e. The van der Waals surface area contributed by atoms with Crippen molar-refractivity contribution in [3.63, 3.8) is 0 Å². The molecule has 0 bridgehead atoms. The van der Waals surface area contributed by atoms with Gasteiger partial charge in [0, 0.05) is 43.2 Å². The molecule has 2 aromatic rings. The maximum atomic E-state index is 12.9. The summed E-state index contributed by atoms with van der Waals surface area (Å²) in [6, 6.07) is 7.24. The normalized spacial score (nSPS) is 15.5. The van der Waals surface area contributed by atoms with Crippen LogP contribution in [-0.2, 0) is 4.79 Å². The van der Waals surface area contributed by atoms with Gasteiger partial charge in [-0.1, -0.05) is 17.7 Å². The van der Waals surface area contributed by atoms with E-state index in [-0.39, 0.29) is 11.8 Å². The van der Waals surface area contributed by atoms with Crippen molar-refractivity contribution in [3.8, 4) is 0 Å². The van der Waals surface area contributed by atoms with Gasteiger partial charge in [-0.25, -0.2) is 0 Å². The van der Waals surface area contributed by atoms with Crippen molar-refractivity contribution in [1.29, 1.82) is 0 Å². The van der Waals surface area contributed by atoms with E-state index in [0.29, 0.717) is 41.5 Å². The molecule has 2 amide bonds. The maximum Gasteiger partial charge on any atom is 0.256 e. The summed E-state index contributed by atoms with van der Waals surface area (Å²) >= 11 is 6.16. The van der Waals surface area contributed by atoms with E-state index < -0.39 is 0 Å². The van der Waals surface area contributed by atoms with E-state index >= 15 is 0 Å². The van der Waals surface area contributed by atoms with E-state index in [0.717, 1.165) is 18.2 Å². The average molecular weight is 346 g/mol. The third-order valence-electron chi connectivity index (χ3n) is 4.55. The van der Waals surface area contributed by atoms with Crippen LogP contribution in [0.2, 0.25) is 5.02 Å². The predicted molar refractivity (Wildman–Crippen MR) is 94.1 cm³/mol. The lowest BCUT2D eigenvalue weighted by Gasteiger charge is -2.32. The van der Waals surface area contributed by atoms with Gasteiger partial charge in [0.1, 0.15) is 0 Å². The third-order valence-corrected chi connectivity index (χ3v) is 4.77. The molecular weight excluding hydrogens is 326 g/mol. The van der Waals surface area contributed by atoms with E-state index in [9.17, 15) is 9.59 Å². The molecule has 1 fully saturated rings. The van der Waals surface area contributed by atoms with Crippen LogP contribution < -0.4 is 5.32 Å². The lowest BCUT2D eigenvalue weighted by Crippen LogP contribution is -2.39. The van der Waals surface area contributed by atoms with Gasteiger partial charge in [-0.3, -0.25) is 14.6 Å². The minimum absolute atomic E-state index is 0.0420. The zero-order valence-electron chi connectivity index (χ0n) is 13.6. The van der Waals surface area contributed by atoms with Crippen LogP contribution in [0.5, 0.6) is 0 Å². The van der Waals surface area contributed by atoms with E-state index in [4.69, 9.17) is 11.6 Å². The van der Waals surface area contributed by atoms with Crippen LogP contribution in [0.15, 0.2) is 30.5 Å². The molecule has 24 heavy (non-hydrogen) atoms. The Hall–Kier alpha value is -2.14. The Balaban J connectivity index is 1.75. The molecule has 1 aliphatic heterocycles. The highest BCUT2D eigenvalue weighted by atomic mass is 35.5. The van der Waals surface area contributed by atoms with Gasteiger partial charge >= 0.3 is 0 Å². The van der Waals surface area contributed by atoms with Gasteiger partial charge < -0.3 is 10.2 Å². The Morgan fingerprint density at radius 3 is 2.79 bits per heavy atom. The zero-order chi connectivity index (χ0) is 17.1. The lowest BCUT2D eigenvalue weighted by molar-refractivity contribution is -0.121. The summed E-state index contributed by atoms with van der Waals surface area (Å²) < 4.78 is 0. The molecule has 5 nitrogen and oxygen atoms in total. The number of fused-ring (bicyclic) bond motifs is 1. The molecule has 2 heterocycles. The fraction of sp³-hybridized carbons (Fsp3) is 0.389. The van der Waals surface area contributed by atoms with Crippen molar-refractivity contribution in [3.05, 3.63) is 41.0 Å². The molecule has 126 valence electrons. The number of nitrogens with zero attached hydrogens (tertiary/aromatic N) is 2. The number of nitrogens with one attached hydrogen (secondary N) is 1. The van der Waals surface area contributed by atoms with Gasteiger partial charge in [0.15, 0.2) is 0 Å². The summed E-state index contributed by atoms with van der Waals surface area (Å²) in [4.78, 5) is 30.6. The van der Waals surface area contributed by atoms with Gasteiger partial charge in [-0.05, 0) is 37.0 Å². The first-order valence-electron chi connectivity index (χ1n) is 8.12. The molecule has 6 heteroatoms. The summed E-state index contributed by atoms with van der Waals surface area (Å²) in [6.07, 6.45) is 3.89. The molecule has 1 saturated heterocycles. The maximum absolute atomic E-state index is 12.9. The first-order valence-corrected chi connectivity index (χ1v) is 8.50. The van der Waals surface area contributed by atoms with E-state index in [2.05, 4.69) is 10.3 Å². The number of likely N-dealkylation sites (tertiary alicyclic amines) is 1. The van der Waals surface area contributed by atoms with Gasteiger partial charge in [0.25, 0.3) is 5.91 Å². The third kappa shape index (κ3) is 3.51. The standard InChI is InChI=1S/C18H20ClN3O2/c1-20-16(23)9-12-4-7-22(8-5-12)18(24)15-11-14(19)10-13-3-2-6-21-17(13)15/h2-3,6,10-12H,4-5,7-9H2,1H3,(H,20,23). The molecule has 3 rings (SSSR count). The number of piperidine rings is 1. The minimum Gasteiger partial charge on any atom is -0.359 e. The van der Waals surface area contributed by atoms with Crippen LogP contribution in [0.3, 0.4) is 0 Å². The van der Waals surface area contributed by atoms with Crippen molar-refractivity contribution >= 4 is 34.3 Å². The number of benzene rings is 1. The van der Waals surface area contributed by atoms with Crippen molar-refractivity contribution < 1.29 is 9.59 Å². The number of hydrogen-bond donors (Lipinski definition) is 1. The van der Waals surface area contributed by atoms with E-state index in [1.807, 2.05) is 23.1 Å². The number of amides is 2. The summed E-state index contributed by atoms with van der Waals surface area (Å²) in [5.41, 5.74) is 1.22. The minimum atomic E-state index is -0.0420. The van der Waals surface area contributed by atoms with Crippen molar-refractivity contribution in [1.82, 2.24) is 15.2 Å². The van der Waals surface area contributed by atoms with Crippen LogP contribution >= 0.6 is 11.6 Å². The second-order valence-electron chi connectivity index (χ2n) is 6.14. The highest BCUT2D eigenvalue weighted by Crippen LogP contribution is 2.26. The van der Waals surface area contributed by atoms with Crippen LogP contribution in [0.25, 0.3) is 10.9 Å². The fourth-order valence-corrected chi connectivity index (χ4v) is 3.42. The summed E-state index contributed by atoms with van der Waals surface area (Å²) in [5, 5.41) is 4.06. The number of carbonyl (C=O) groups is 2. The summed E-state index contributed by atoms with van der Waals surface area (Å²) in [5.74, 6) is 0.354. The quantitative estimate of drug-likeness (QED) is 0.930. The summed E-state index contributed by atoms with van der Waals surface area (Å²) in [7, 11) is 1.65.